The highest BCUT2D eigenvalue weighted by Gasteiger charge is 2.24. The maximum Gasteiger partial charge on any atom is 0.283 e. The number of hydrogen-bond donors (Lipinski definition) is 0. The summed E-state index contributed by atoms with van der Waals surface area (Å²) < 4.78 is 28.3. The molecule has 1 heterocycles. The molecule has 1 aromatic heterocycles. The van der Waals surface area contributed by atoms with E-state index in [1.807, 2.05) is 49.4 Å². The lowest BCUT2D eigenvalue weighted by Gasteiger charge is -2.12. The highest BCUT2D eigenvalue weighted by molar-refractivity contribution is 14.1. The monoisotopic (exact) mass is 474 g/mol. The van der Waals surface area contributed by atoms with Crippen LogP contribution in [0.5, 0.6) is 0 Å². The van der Waals surface area contributed by atoms with Crippen molar-refractivity contribution >= 4 is 43.4 Å². The lowest BCUT2D eigenvalue weighted by Crippen LogP contribution is -2.16. The van der Waals surface area contributed by atoms with Crippen LogP contribution in [0.25, 0.3) is 22.0 Å². The number of aryl methyl sites for hydroxylation is 1. The van der Waals surface area contributed by atoms with Crippen molar-refractivity contribution in [2.45, 2.75) is 11.8 Å². The minimum absolute atomic E-state index is 0.226. The van der Waals surface area contributed by atoms with E-state index in [1.54, 1.807) is 30.5 Å². The summed E-state index contributed by atoms with van der Waals surface area (Å²) in [5.41, 5.74) is 2.44. The predicted molar refractivity (Wildman–Crippen MR) is 112 cm³/mol. The topological polar surface area (TPSA) is 52.0 Å². The van der Waals surface area contributed by atoms with Gasteiger partial charge in [-0.1, -0.05) is 60.2 Å². The Morgan fingerprint density at radius 2 is 1.62 bits per heavy atom. The Balaban J connectivity index is 1.98. The van der Waals surface area contributed by atoms with Gasteiger partial charge in [0.25, 0.3) is 10.0 Å². The average molecular weight is 474 g/mol. The summed E-state index contributed by atoms with van der Waals surface area (Å²) >= 11 is 2.13. The third kappa shape index (κ3) is 2.83. The average Bonchev–Trinajstić information content (AvgIpc) is 3.04. The van der Waals surface area contributed by atoms with E-state index < -0.39 is 10.0 Å². The molecular formula is C20H15IN2O2S. The van der Waals surface area contributed by atoms with Gasteiger partial charge in [0.1, 0.15) is 5.69 Å². The van der Waals surface area contributed by atoms with Crippen molar-refractivity contribution in [2.75, 3.05) is 0 Å². The van der Waals surface area contributed by atoms with Crippen LogP contribution >= 0.6 is 22.6 Å². The zero-order chi connectivity index (χ0) is 18.3. The fraction of sp³-hybridized carbons (Fsp3) is 0.0500. The van der Waals surface area contributed by atoms with E-state index >= 15 is 0 Å². The molecule has 0 unspecified atom stereocenters. The molecule has 0 N–H and O–H groups in total. The van der Waals surface area contributed by atoms with Crippen LogP contribution in [0.4, 0.5) is 0 Å². The van der Waals surface area contributed by atoms with Gasteiger partial charge in [-0.15, -0.1) is 0 Å². The van der Waals surface area contributed by atoms with Gasteiger partial charge < -0.3 is 0 Å². The molecule has 0 aliphatic carbocycles. The van der Waals surface area contributed by atoms with Crippen LogP contribution in [0.1, 0.15) is 5.56 Å². The molecular weight excluding hydrogens is 459 g/mol. The molecule has 0 saturated heterocycles. The van der Waals surface area contributed by atoms with Gasteiger partial charge in [-0.25, -0.2) is 0 Å². The molecule has 0 spiro atoms. The Bertz CT molecular complexity index is 1210. The van der Waals surface area contributed by atoms with Crippen molar-refractivity contribution < 1.29 is 8.42 Å². The van der Waals surface area contributed by atoms with Crippen LogP contribution in [0.15, 0.2) is 77.8 Å². The molecule has 130 valence electrons. The highest BCUT2D eigenvalue weighted by atomic mass is 127. The summed E-state index contributed by atoms with van der Waals surface area (Å²) in [6.07, 6.45) is 1.59. The van der Waals surface area contributed by atoms with Crippen molar-refractivity contribution in [3.63, 3.8) is 0 Å². The van der Waals surface area contributed by atoms with Gasteiger partial charge in [0.15, 0.2) is 0 Å². The molecule has 4 rings (SSSR count). The summed E-state index contributed by atoms with van der Waals surface area (Å²) in [6, 6.07) is 20.6. The normalized spacial score (nSPS) is 11.8. The Hall–Kier alpha value is -2.19. The van der Waals surface area contributed by atoms with Gasteiger partial charge in [-0.3, -0.25) is 0 Å². The SMILES string of the molecule is Cc1ccc(S(=O)(=O)n2ncc(I)c2-c2cccc3ccccc23)cc1. The summed E-state index contributed by atoms with van der Waals surface area (Å²) in [6.45, 7) is 1.93. The van der Waals surface area contributed by atoms with Crippen LogP contribution in [-0.4, -0.2) is 17.6 Å². The zero-order valence-corrected chi connectivity index (χ0v) is 16.9. The first kappa shape index (κ1) is 17.2. The number of hydrogen-bond acceptors (Lipinski definition) is 3. The molecule has 0 saturated carbocycles. The molecule has 4 nitrogen and oxygen atoms in total. The first-order valence-electron chi connectivity index (χ1n) is 8.02. The van der Waals surface area contributed by atoms with Gasteiger partial charge in [0.2, 0.25) is 0 Å². The van der Waals surface area contributed by atoms with E-state index in [0.29, 0.717) is 5.69 Å². The first-order valence-corrected chi connectivity index (χ1v) is 10.5. The molecule has 0 atom stereocenters. The second-order valence-electron chi connectivity index (χ2n) is 6.03. The van der Waals surface area contributed by atoms with Crippen LogP contribution in [0, 0.1) is 10.5 Å². The fourth-order valence-electron chi connectivity index (χ4n) is 2.97. The van der Waals surface area contributed by atoms with Crippen molar-refractivity contribution in [3.05, 3.63) is 82.1 Å². The Morgan fingerprint density at radius 3 is 2.38 bits per heavy atom. The number of benzene rings is 3. The molecule has 4 aromatic rings. The molecule has 0 radical (unpaired) electrons. The Morgan fingerprint density at radius 1 is 0.923 bits per heavy atom. The summed E-state index contributed by atoms with van der Waals surface area (Å²) in [5.74, 6) is 0. The van der Waals surface area contributed by atoms with Crippen molar-refractivity contribution in [2.24, 2.45) is 0 Å². The van der Waals surface area contributed by atoms with Gasteiger partial charge in [-0.2, -0.15) is 17.6 Å². The van der Waals surface area contributed by atoms with E-state index in [1.165, 1.54) is 0 Å². The fourth-order valence-corrected chi connectivity index (χ4v) is 5.06. The smallest absolute Gasteiger partial charge is 0.199 e. The second-order valence-corrected chi connectivity index (χ2v) is 8.96. The quantitative estimate of drug-likeness (QED) is 0.399. The molecule has 0 bridgehead atoms. The van der Waals surface area contributed by atoms with E-state index in [9.17, 15) is 8.42 Å². The Labute approximate surface area is 165 Å². The lowest BCUT2D eigenvalue weighted by molar-refractivity contribution is 0.581. The second kappa shape index (κ2) is 6.51. The Kier molecular flexibility index (Phi) is 4.32. The predicted octanol–water partition coefficient (Wildman–Crippen LogP) is 4.85. The number of aromatic nitrogens is 2. The molecule has 3 aromatic carbocycles. The largest absolute Gasteiger partial charge is 0.283 e. The molecule has 0 aliphatic rings. The van der Waals surface area contributed by atoms with Crippen LogP contribution < -0.4 is 0 Å². The van der Waals surface area contributed by atoms with Gasteiger partial charge in [0, 0.05) is 5.56 Å². The van der Waals surface area contributed by atoms with Crippen molar-refractivity contribution in [1.82, 2.24) is 9.19 Å². The molecule has 26 heavy (non-hydrogen) atoms. The maximum absolute atomic E-state index is 13.2. The third-order valence-corrected chi connectivity index (χ3v) is 6.67. The number of halogens is 1. The van der Waals surface area contributed by atoms with Crippen molar-refractivity contribution in [1.29, 1.82) is 0 Å². The van der Waals surface area contributed by atoms with E-state index in [2.05, 4.69) is 27.7 Å². The highest BCUT2D eigenvalue weighted by Crippen LogP contribution is 2.33. The summed E-state index contributed by atoms with van der Waals surface area (Å²) in [4.78, 5) is 0.226. The lowest BCUT2D eigenvalue weighted by atomic mass is 10.0. The maximum atomic E-state index is 13.2. The third-order valence-electron chi connectivity index (χ3n) is 4.28. The number of fused-ring (bicyclic) bond motifs is 1. The number of rotatable bonds is 3. The van der Waals surface area contributed by atoms with E-state index in [0.717, 1.165) is 29.6 Å². The number of nitrogens with zero attached hydrogens (tertiary/aromatic N) is 2. The van der Waals surface area contributed by atoms with E-state index in [4.69, 9.17) is 0 Å². The van der Waals surface area contributed by atoms with Gasteiger partial charge >= 0.3 is 0 Å². The zero-order valence-electron chi connectivity index (χ0n) is 13.9. The molecule has 0 amide bonds. The minimum Gasteiger partial charge on any atom is -0.199 e. The molecule has 0 fully saturated rings. The molecule has 0 aliphatic heterocycles. The first-order chi connectivity index (χ1) is 12.5. The van der Waals surface area contributed by atoms with Crippen LogP contribution in [0.3, 0.4) is 0 Å². The van der Waals surface area contributed by atoms with E-state index in [-0.39, 0.29) is 4.90 Å². The summed E-state index contributed by atoms with van der Waals surface area (Å²) in [7, 11) is -3.78. The van der Waals surface area contributed by atoms with Crippen LogP contribution in [-0.2, 0) is 10.0 Å². The minimum atomic E-state index is -3.78. The van der Waals surface area contributed by atoms with Crippen LogP contribution in [0.2, 0.25) is 0 Å². The van der Waals surface area contributed by atoms with Gasteiger partial charge in [0.05, 0.1) is 14.7 Å². The van der Waals surface area contributed by atoms with Crippen molar-refractivity contribution in [3.8, 4) is 11.3 Å². The van der Waals surface area contributed by atoms with Gasteiger partial charge in [-0.05, 0) is 52.4 Å². The summed E-state index contributed by atoms with van der Waals surface area (Å²) in [5, 5.41) is 6.24. The molecule has 6 heteroatoms. The standard InChI is InChI=1S/C20H15IN2O2S/c1-14-9-11-16(12-10-14)26(24,25)23-20(19(21)13-22-23)18-8-4-6-15-5-2-3-7-17(15)18/h2-13H,1H3.